The average Bonchev–Trinajstić information content (AvgIpc) is 3.40. The van der Waals surface area contributed by atoms with Crippen LogP contribution in [0.15, 0.2) is 49.8 Å². The Labute approximate surface area is 153 Å². The molecule has 0 unspecified atom stereocenters. The van der Waals surface area contributed by atoms with Crippen molar-refractivity contribution in [3.63, 3.8) is 0 Å². The molecule has 0 bridgehead atoms. The number of rotatable bonds is 4. The quantitative estimate of drug-likeness (QED) is 0.513. The minimum atomic E-state index is -0.212. The Balaban J connectivity index is 1.50. The van der Waals surface area contributed by atoms with Crippen LogP contribution < -0.4 is 5.56 Å². The number of aromatic amines is 1. The van der Waals surface area contributed by atoms with Gasteiger partial charge in [0.2, 0.25) is 5.82 Å². The molecule has 0 saturated carbocycles. The van der Waals surface area contributed by atoms with E-state index >= 15 is 0 Å². The summed E-state index contributed by atoms with van der Waals surface area (Å²) < 4.78 is 5.40. The Morgan fingerprint density at radius 3 is 3.04 bits per heavy atom. The lowest BCUT2D eigenvalue weighted by atomic mass is 10.2. The number of fused-ring (bicyclic) bond motifs is 1. The van der Waals surface area contributed by atoms with Crippen molar-refractivity contribution < 1.29 is 4.42 Å². The number of hydrogen-bond acceptors (Lipinski definition) is 8. The van der Waals surface area contributed by atoms with Crippen LogP contribution in [0, 0.1) is 0 Å². The zero-order chi connectivity index (χ0) is 17.5. The molecule has 5 heterocycles. The normalized spacial score (nSPS) is 11.4. The molecule has 1 N–H and O–H groups in total. The van der Waals surface area contributed by atoms with E-state index in [0.717, 1.165) is 11.1 Å². The van der Waals surface area contributed by atoms with Gasteiger partial charge in [-0.15, -0.1) is 21.5 Å². The van der Waals surface area contributed by atoms with E-state index in [2.05, 4.69) is 25.4 Å². The van der Waals surface area contributed by atoms with Gasteiger partial charge in [0.1, 0.15) is 23.0 Å². The van der Waals surface area contributed by atoms with Crippen LogP contribution in [0.1, 0.15) is 5.82 Å². The molecule has 0 aliphatic carbocycles. The number of nitrogens with zero attached hydrogens (tertiary/aromatic N) is 5. The van der Waals surface area contributed by atoms with Gasteiger partial charge in [0.15, 0.2) is 0 Å². The molecule has 26 heavy (non-hydrogen) atoms. The molecule has 0 saturated heterocycles. The molecule has 0 atom stereocenters. The maximum atomic E-state index is 12.6. The van der Waals surface area contributed by atoms with Gasteiger partial charge in [-0.1, -0.05) is 0 Å². The van der Waals surface area contributed by atoms with Gasteiger partial charge in [0.05, 0.1) is 11.6 Å². The predicted octanol–water partition coefficient (Wildman–Crippen LogP) is 3.01. The largest absolute Gasteiger partial charge is 0.464 e. The lowest BCUT2D eigenvalue weighted by molar-refractivity contribution is 0.555. The highest BCUT2D eigenvalue weighted by Gasteiger charge is 2.15. The highest BCUT2D eigenvalue weighted by molar-refractivity contribution is 7.17. The number of H-pyrrole nitrogens is 1. The Bertz CT molecular complexity index is 1230. The molecule has 0 amide bonds. The van der Waals surface area contributed by atoms with Crippen LogP contribution in [0.4, 0.5) is 0 Å². The third kappa shape index (κ3) is 2.55. The Morgan fingerprint density at radius 1 is 1.27 bits per heavy atom. The van der Waals surface area contributed by atoms with Crippen molar-refractivity contribution in [3.8, 4) is 22.7 Å². The van der Waals surface area contributed by atoms with E-state index < -0.39 is 0 Å². The topological polar surface area (TPSA) is 102 Å². The molecule has 10 heteroatoms. The summed E-state index contributed by atoms with van der Waals surface area (Å²) in [5, 5.41) is 18.7. The first-order valence-electron chi connectivity index (χ1n) is 7.62. The lowest BCUT2D eigenvalue weighted by Crippen LogP contribution is -2.15. The summed E-state index contributed by atoms with van der Waals surface area (Å²) in [6.07, 6.45) is 1.58. The smallest absolute Gasteiger partial charge is 0.260 e. The van der Waals surface area contributed by atoms with Crippen LogP contribution in [-0.4, -0.2) is 30.2 Å². The predicted molar refractivity (Wildman–Crippen MR) is 98.2 cm³/mol. The van der Waals surface area contributed by atoms with Gasteiger partial charge < -0.3 is 9.40 Å². The number of hydrogen-bond donors (Lipinski definition) is 1. The van der Waals surface area contributed by atoms with Crippen molar-refractivity contribution in [2.75, 3.05) is 0 Å². The standard InChI is InChI=1S/C16H10N6O2S2/c23-15-13-10(11-2-1-4-24-11)8-26-16(13)18-12(17-15)6-22-20-14(19-21-22)9-3-5-25-7-9/h1-5,7-8H,6H2,(H,17,18,23). The third-order valence-corrected chi connectivity index (χ3v) is 5.36. The van der Waals surface area contributed by atoms with E-state index in [1.165, 1.54) is 16.1 Å². The molecule has 5 aromatic heterocycles. The van der Waals surface area contributed by atoms with Crippen molar-refractivity contribution in [1.29, 1.82) is 0 Å². The summed E-state index contributed by atoms with van der Waals surface area (Å²) in [7, 11) is 0. The number of thiophene rings is 2. The maximum absolute atomic E-state index is 12.6. The molecular weight excluding hydrogens is 372 g/mol. The van der Waals surface area contributed by atoms with Gasteiger partial charge in [0, 0.05) is 21.9 Å². The van der Waals surface area contributed by atoms with Crippen LogP contribution in [0.5, 0.6) is 0 Å². The molecule has 5 aromatic rings. The first-order chi connectivity index (χ1) is 12.8. The van der Waals surface area contributed by atoms with Gasteiger partial charge in [-0.05, 0) is 28.8 Å². The van der Waals surface area contributed by atoms with E-state index in [1.807, 2.05) is 28.3 Å². The van der Waals surface area contributed by atoms with Gasteiger partial charge in [0.25, 0.3) is 5.56 Å². The van der Waals surface area contributed by atoms with Gasteiger partial charge >= 0.3 is 0 Å². The Hall–Kier alpha value is -3.11. The summed E-state index contributed by atoms with van der Waals surface area (Å²) in [5.41, 5.74) is 1.45. The van der Waals surface area contributed by atoms with Gasteiger partial charge in [-0.3, -0.25) is 4.79 Å². The molecule has 0 aliphatic rings. The minimum Gasteiger partial charge on any atom is -0.464 e. The number of tetrazole rings is 1. The third-order valence-electron chi connectivity index (χ3n) is 3.80. The lowest BCUT2D eigenvalue weighted by Gasteiger charge is -2.00. The van der Waals surface area contributed by atoms with E-state index in [0.29, 0.717) is 27.6 Å². The zero-order valence-corrected chi connectivity index (χ0v) is 14.8. The average molecular weight is 382 g/mol. The van der Waals surface area contributed by atoms with Crippen LogP contribution in [0.25, 0.3) is 32.9 Å². The summed E-state index contributed by atoms with van der Waals surface area (Å²) >= 11 is 2.97. The molecule has 0 aliphatic heterocycles. The van der Waals surface area contributed by atoms with E-state index in [1.54, 1.807) is 23.7 Å². The molecule has 0 spiro atoms. The summed E-state index contributed by atoms with van der Waals surface area (Å²) in [6, 6.07) is 5.54. The molecule has 128 valence electrons. The summed E-state index contributed by atoms with van der Waals surface area (Å²) in [6.45, 7) is 0.232. The first kappa shape index (κ1) is 15.2. The first-order valence-corrected chi connectivity index (χ1v) is 9.45. The van der Waals surface area contributed by atoms with E-state index in [-0.39, 0.29) is 12.1 Å². The monoisotopic (exact) mass is 382 g/mol. The van der Waals surface area contributed by atoms with Crippen molar-refractivity contribution in [2.45, 2.75) is 6.54 Å². The van der Waals surface area contributed by atoms with Crippen molar-refractivity contribution in [1.82, 2.24) is 30.2 Å². The molecule has 0 aromatic carbocycles. The van der Waals surface area contributed by atoms with Crippen LogP contribution in [-0.2, 0) is 6.54 Å². The van der Waals surface area contributed by atoms with Crippen molar-refractivity contribution >= 4 is 32.9 Å². The second kappa shape index (κ2) is 6.00. The number of furan rings is 1. The summed E-state index contributed by atoms with van der Waals surface area (Å²) in [4.78, 5) is 22.0. The van der Waals surface area contributed by atoms with Gasteiger partial charge in [-0.25, -0.2) is 4.98 Å². The molecule has 5 rings (SSSR count). The second-order valence-electron chi connectivity index (χ2n) is 5.47. The highest BCUT2D eigenvalue weighted by Crippen LogP contribution is 2.30. The number of nitrogens with one attached hydrogen (secondary N) is 1. The fourth-order valence-corrected chi connectivity index (χ4v) is 4.21. The Kier molecular flexibility index (Phi) is 3.50. The SMILES string of the molecule is O=c1[nH]c(Cn2nnc(-c3ccsc3)n2)nc2scc(-c3ccco3)c12. The van der Waals surface area contributed by atoms with Gasteiger partial charge in [-0.2, -0.15) is 16.1 Å². The molecule has 0 radical (unpaired) electrons. The molecular formula is C16H10N6O2S2. The summed E-state index contributed by atoms with van der Waals surface area (Å²) in [5.74, 6) is 1.67. The fraction of sp³-hybridized carbons (Fsp3) is 0.0625. The molecule has 0 fully saturated rings. The highest BCUT2D eigenvalue weighted by atomic mass is 32.1. The number of aromatic nitrogens is 6. The van der Waals surface area contributed by atoms with E-state index in [9.17, 15) is 4.79 Å². The van der Waals surface area contributed by atoms with Crippen molar-refractivity contribution in [3.05, 3.63) is 56.8 Å². The second-order valence-corrected chi connectivity index (χ2v) is 7.11. The zero-order valence-electron chi connectivity index (χ0n) is 13.1. The minimum absolute atomic E-state index is 0.212. The molecule has 8 nitrogen and oxygen atoms in total. The van der Waals surface area contributed by atoms with Crippen LogP contribution in [0.3, 0.4) is 0 Å². The Morgan fingerprint density at radius 2 is 2.23 bits per heavy atom. The van der Waals surface area contributed by atoms with Crippen LogP contribution in [0.2, 0.25) is 0 Å². The maximum Gasteiger partial charge on any atom is 0.260 e. The van der Waals surface area contributed by atoms with Crippen molar-refractivity contribution in [2.24, 2.45) is 0 Å². The van der Waals surface area contributed by atoms with E-state index in [4.69, 9.17) is 4.42 Å². The fourth-order valence-electron chi connectivity index (χ4n) is 2.63. The van der Waals surface area contributed by atoms with Crippen LogP contribution >= 0.6 is 22.7 Å².